The number of phenols is 1. The lowest BCUT2D eigenvalue weighted by Gasteiger charge is -2.08. The van der Waals surface area contributed by atoms with E-state index in [2.05, 4.69) is 0 Å². The third kappa shape index (κ3) is 2.12. The molecule has 13 heavy (non-hydrogen) atoms. The van der Waals surface area contributed by atoms with Crippen molar-refractivity contribution in [2.75, 3.05) is 6.61 Å². The molecule has 1 aromatic rings. The lowest BCUT2D eigenvalue weighted by atomic mass is 10.1. The van der Waals surface area contributed by atoms with E-state index in [1.165, 1.54) is 0 Å². The molecule has 0 spiro atoms. The summed E-state index contributed by atoms with van der Waals surface area (Å²) in [6.07, 6.45) is 0.169. The maximum Gasteiger partial charge on any atom is 0.127 e. The predicted octanol–water partition coefficient (Wildman–Crippen LogP) is 1.86. The minimum atomic E-state index is 0.118. The Bertz CT molecular complexity index is 328. The highest BCUT2D eigenvalue weighted by Crippen LogP contribution is 2.27. The zero-order chi connectivity index (χ0) is 9.68. The van der Waals surface area contributed by atoms with E-state index < -0.39 is 0 Å². The normalized spacial score (nSPS) is 9.23. The van der Waals surface area contributed by atoms with E-state index in [1.54, 1.807) is 18.2 Å². The molecule has 0 saturated heterocycles. The highest BCUT2D eigenvalue weighted by molar-refractivity contribution is 5.45. The second-order valence-electron chi connectivity index (χ2n) is 2.52. The zero-order valence-corrected chi connectivity index (χ0v) is 7.45. The van der Waals surface area contributed by atoms with Crippen LogP contribution < -0.4 is 4.74 Å². The van der Waals surface area contributed by atoms with Gasteiger partial charge in [0, 0.05) is 5.56 Å². The Morgan fingerprint density at radius 3 is 2.92 bits per heavy atom. The molecule has 68 valence electrons. The van der Waals surface area contributed by atoms with Gasteiger partial charge >= 0.3 is 0 Å². The van der Waals surface area contributed by atoms with Gasteiger partial charge in [-0.3, -0.25) is 0 Å². The molecule has 0 aliphatic rings. The van der Waals surface area contributed by atoms with Crippen molar-refractivity contribution in [2.45, 2.75) is 13.3 Å². The molecule has 0 atom stereocenters. The van der Waals surface area contributed by atoms with Gasteiger partial charge in [0.15, 0.2) is 0 Å². The third-order valence-corrected chi connectivity index (χ3v) is 1.66. The number of phenolic OH excluding ortho intramolecular Hbond substituents is 1. The van der Waals surface area contributed by atoms with Crippen molar-refractivity contribution in [3.8, 4) is 17.6 Å². The molecular weight excluding hydrogens is 166 g/mol. The van der Waals surface area contributed by atoms with Crippen molar-refractivity contribution in [3.05, 3.63) is 23.8 Å². The second-order valence-corrected chi connectivity index (χ2v) is 2.52. The van der Waals surface area contributed by atoms with Gasteiger partial charge in [-0.2, -0.15) is 5.26 Å². The molecule has 0 radical (unpaired) electrons. The summed E-state index contributed by atoms with van der Waals surface area (Å²) < 4.78 is 5.26. The van der Waals surface area contributed by atoms with Gasteiger partial charge < -0.3 is 9.84 Å². The highest BCUT2D eigenvalue weighted by Gasteiger charge is 2.07. The van der Waals surface area contributed by atoms with Crippen LogP contribution >= 0.6 is 0 Å². The molecule has 0 amide bonds. The summed E-state index contributed by atoms with van der Waals surface area (Å²) in [4.78, 5) is 0. The predicted molar refractivity (Wildman–Crippen MR) is 48.6 cm³/mol. The van der Waals surface area contributed by atoms with Crippen LogP contribution in [0.3, 0.4) is 0 Å². The first-order valence-electron chi connectivity index (χ1n) is 4.10. The number of hydrogen-bond acceptors (Lipinski definition) is 3. The monoisotopic (exact) mass is 177 g/mol. The van der Waals surface area contributed by atoms with Gasteiger partial charge in [0.25, 0.3) is 0 Å². The number of aromatic hydroxyl groups is 1. The largest absolute Gasteiger partial charge is 0.507 e. The van der Waals surface area contributed by atoms with Crippen LogP contribution in [0.2, 0.25) is 0 Å². The Kier molecular flexibility index (Phi) is 3.15. The van der Waals surface area contributed by atoms with Gasteiger partial charge in [-0.15, -0.1) is 0 Å². The molecule has 0 unspecified atom stereocenters. The van der Waals surface area contributed by atoms with Gasteiger partial charge in [-0.25, -0.2) is 0 Å². The van der Waals surface area contributed by atoms with E-state index >= 15 is 0 Å². The minimum Gasteiger partial charge on any atom is -0.507 e. The lowest BCUT2D eigenvalue weighted by Crippen LogP contribution is -1.96. The summed E-state index contributed by atoms with van der Waals surface area (Å²) in [7, 11) is 0. The summed E-state index contributed by atoms with van der Waals surface area (Å²) >= 11 is 0. The standard InChI is InChI=1S/C10H11NO2/c1-2-13-10-5-3-4-9(12)8(10)6-7-11/h3-5,12H,2,6H2,1H3. The first-order valence-corrected chi connectivity index (χ1v) is 4.10. The van der Waals surface area contributed by atoms with Crippen molar-refractivity contribution in [1.29, 1.82) is 5.26 Å². The molecule has 0 aliphatic heterocycles. The molecular formula is C10H11NO2. The van der Waals surface area contributed by atoms with E-state index in [9.17, 15) is 5.11 Å². The minimum absolute atomic E-state index is 0.118. The molecule has 1 N–H and O–H groups in total. The molecule has 0 aromatic heterocycles. The molecule has 0 fully saturated rings. The quantitative estimate of drug-likeness (QED) is 0.766. The molecule has 3 nitrogen and oxygen atoms in total. The van der Waals surface area contributed by atoms with E-state index in [0.29, 0.717) is 17.9 Å². The number of nitrogens with zero attached hydrogens (tertiary/aromatic N) is 1. The van der Waals surface area contributed by atoms with Gasteiger partial charge in [0.2, 0.25) is 0 Å². The Labute approximate surface area is 77.2 Å². The van der Waals surface area contributed by atoms with Crippen LogP contribution in [-0.2, 0) is 6.42 Å². The van der Waals surface area contributed by atoms with Crippen LogP contribution in [0.25, 0.3) is 0 Å². The van der Waals surface area contributed by atoms with Gasteiger partial charge in [0.1, 0.15) is 11.5 Å². The zero-order valence-electron chi connectivity index (χ0n) is 7.45. The highest BCUT2D eigenvalue weighted by atomic mass is 16.5. The Morgan fingerprint density at radius 1 is 1.54 bits per heavy atom. The number of rotatable bonds is 3. The molecule has 0 bridgehead atoms. The molecule has 0 aliphatic carbocycles. The van der Waals surface area contributed by atoms with Crippen LogP contribution in [-0.4, -0.2) is 11.7 Å². The molecule has 1 aromatic carbocycles. The fourth-order valence-corrected chi connectivity index (χ4v) is 1.10. The molecule has 3 heteroatoms. The summed E-state index contributed by atoms with van der Waals surface area (Å²) in [5, 5.41) is 17.9. The van der Waals surface area contributed by atoms with Crippen LogP contribution in [0.4, 0.5) is 0 Å². The summed E-state index contributed by atoms with van der Waals surface area (Å²) in [6.45, 7) is 2.39. The van der Waals surface area contributed by atoms with Crippen LogP contribution in [0, 0.1) is 11.3 Å². The molecule has 0 saturated carbocycles. The van der Waals surface area contributed by atoms with Crippen molar-refractivity contribution < 1.29 is 9.84 Å². The average Bonchev–Trinajstić information content (AvgIpc) is 2.11. The summed E-state index contributed by atoms with van der Waals surface area (Å²) in [5.41, 5.74) is 0.562. The SMILES string of the molecule is CCOc1cccc(O)c1CC#N. The topological polar surface area (TPSA) is 53.2 Å². The van der Waals surface area contributed by atoms with Crippen molar-refractivity contribution >= 4 is 0 Å². The van der Waals surface area contributed by atoms with E-state index in [-0.39, 0.29) is 12.2 Å². The Hall–Kier alpha value is -1.69. The Balaban J connectivity index is 3.03. The number of hydrogen-bond donors (Lipinski definition) is 1. The fraction of sp³-hybridized carbons (Fsp3) is 0.300. The average molecular weight is 177 g/mol. The maximum atomic E-state index is 9.42. The van der Waals surface area contributed by atoms with E-state index in [1.807, 2.05) is 13.0 Å². The van der Waals surface area contributed by atoms with E-state index in [0.717, 1.165) is 0 Å². The summed E-state index contributed by atoms with van der Waals surface area (Å²) in [5.74, 6) is 0.705. The third-order valence-electron chi connectivity index (χ3n) is 1.66. The van der Waals surface area contributed by atoms with Crippen molar-refractivity contribution in [1.82, 2.24) is 0 Å². The molecule has 1 rings (SSSR count). The van der Waals surface area contributed by atoms with Crippen LogP contribution in [0.15, 0.2) is 18.2 Å². The first-order chi connectivity index (χ1) is 6.29. The van der Waals surface area contributed by atoms with Gasteiger partial charge in [-0.1, -0.05) is 6.07 Å². The van der Waals surface area contributed by atoms with Crippen LogP contribution in [0.1, 0.15) is 12.5 Å². The van der Waals surface area contributed by atoms with E-state index in [4.69, 9.17) is 10.00 Å². The van der Waals surface area contributed by atoms with Crippen LogP contribution in [0.5, 0.6) is 11.5 Å². The number of benzene rings is 1. The first kappa shape index (κ1) is 9.40. The summed E-state index contributed by atoms with van der Waals surface area (Å²) in [6, 6.07) is 6.98. The van der Waals surface area contributed by atoms with Crippen molar-refractivity contribution in [3.63, 3.8) is 0 Å². The Morgan fingerprint density at radius 2 is 2.31 bits per heavy atom. The number of nitriles is 1. The second kappa shape index (κ2) is 4.36. The lowest BCUT2D eigenvalue weighted by molar-refractivity contribution is 0.334. The molecule has 0 heterocycles. The van der Waals surface area contributed by atoms with Gasteiger partial charge in [0.05, 0.1) is 19.1 Å². The maximum absolute atomic E-state index is 9.42. The number of ether oxygens (including phenoxy) is 1. The fourth-order valence-electron chi connectivity index (χ4n) is 1.10. The van der Waals surface area contributed by atoms with Gasteiger partial charge in [-0.05, 0) is 19.1 Å². The van der Waals surface area contributed by atoms with Crippen molar-refractivity contribution in [2.24, 2.45) is 0 Å². The smallest absolute Gasteiger partial charge is 0.127 e.